The molecule has 0 heterocycles. The van der Waals surface area contributed by atoms with Crippen molar-refractivity contribution in [1.29, 1.82) is 0 Å². The third kappa shape index (κ3) is 5.84. The lowest BCUT2D eigenvalue weighted by molar-refractivity contribution is 0.488. The van der Waals surface area contributed by atoms with Gasteiger partial charge in [0.05, 0.1) is 0 Å². The van der Waals surface area contributed by atoms with Crippen LogP contribution >= 0.6 is 0 Å². The van der Waals surface area contributed by atoms with Crippen LogP contribution in [-0.4, -0.2) is 0 Å². The molecule has 2 aliphatic carbocycles. The van der Waals surface area contributed by atoms with E-state index in [-0.39, 0.29) is 21.7 Å². The van der Waals surface area contributed by atoms with Crippen molar-refractivity contribution in [2.75, 3.05) is 0 Å². The quantitative estimate of drug-likeness (QED) is 0.134. The van der Waals surface area contributed by atoms with Crippen LogP contribution in [0, 0.1) is 5.92 Å². The van der Waals surface area contributed by atoms with Crippen molar-refractivity contribution in [3.63, 3.8) is 0 Å². The van der Waals surface area contributed by atoms with Gasteiger partial charge in [0.2, 0.25) is 0 Å². The van der Waals surface area contributed by atoms with Crippen LogP contribution in [0.1, 0.15) is 148 Å². The Morgan fingerprint density at radius 3 is 1.29 bits per heavy atom. The van der Waals surface area contributed by atoms with Crippen molar-refractivity contribution in [3.05, 3.63) is 154 Å². The smallest absolute Gasteiger partial charge is 0.0210 e. The van der Waals surface area contributed by atoms with Crippen molar-refractivity contribution in [1.82, 2.24) is 0 Å². The summed E-state index contributed by atoms with van der Waals surface area (Å²) in [6, 6.07) is 46.9. The fraction of sp³-hybridized carbons (Fsp3) is 0.355. The molecule has 0 amide bonds. The summed E-state index contributed by atoms with van der Waals surface area (Å²) in [5.41, 5.74) is 21.4. The predicted molar refractivity (Wildman–Crippen MR) is 271 cm³/mol. The maximum absolute atomic E-state index is 2.60. The van der Waals surface area contributed by atoms with Gasteiger partial charge in [0, 0.05) is 10.8 Å². The molecule has 0 aromatic heterocycles. The van der Waals surface area contributed by atoms with E-state index in [1.165, 1.54) is 116 Å². The van der Waals surface area contributed by atoms with Gasteiger partial charge in [-0.05, 0) is 183 Å². The zero-order valence-corrected chi connectivity index (χ0v) is 39.6. The highest BCUT2D eigenvalue weighted by atomic mass is 14.5. The first-order chi connectivity index (χ1) is 29.6. The fourth-order valence-electron chi connectivity index (χ4n) is 12.3. The first-order valence-electron chi connectivity index (χ1n) is 23.9. The molecule has 0 nitrogen and oxygen atoms in total. The van der Waals surface area contributed by atoms with Crippen molar-refractivity contribution >= 4 is 32.3 Å². The first kappa shape index (κ1) is 40.8. The second-order valence-corrected chi connectivity index (χ2v) is 21.7. The van der Waals surface area contributed by atoms with Gasteiger partial charge in [-0.3, -0.25) is 0 Å². The van der Waals surface area contributed by atoms with Crippen molar-refractivity contribution in [3.8, 4) is 44.5 Å². The Kier molecular flexibility index (Phi) is 9.33. The highest BCUT2D eigenvalue weighted by molar-refractivity contribution is 6.28. The molecule has 0 bridgehead atoms. The summed E-state index contributed by atoms with van der Waals surface area (Å²) in [4.78, 5) is 0. The van der Waals surface area contributed by atoms with E-state index in [9.17, 15) is 0 Å². The molecule has 0 spiro atoms. The normalized spacial score (nSPS) is 15.2. The van der Waals surface area contributed by atoms with Crippen LogP contribution in [0.2, 0.25) is 0 Å². The highest BCUT2D eigenvalue weighted by Crippen LogP contribution is 2.57. The lowest BCUT2D eigenvalue weighted by Crippen LogP contribution is -2.24. The van der Waals surface area contributed by atoms with Gasteiger partial charge < -0.3 is 0 Å². The van der Waals surface area contributed by atoms with E-state index < -0.39 is 0 Å². The molecule has 10 rings (SSSR count). The molecule has 0 saturated carbocycles. The molecular weight excluding hydrogens is 745 g/mol. The third-order valence-corrected chi connectivity index (χ3v) is 15.9. The minimum absolute atomic E-state index is 0.00484. The van der Waals surface area contributed by atoms with Crippen molar-refractivity contribution in [2.24, 2.45) is 5.92 Å². The zero-order chi connectivity index (χ0) is 43.7. The topological polar surface area (TPSA) is 0 Å². The van der Waals surface area contributed by atoms with E-state index in [2.05, 4.69) is 198 Å². The van der Waals surface area contributed by atoms with Crippen LogP contribution in [0.3, 0.4) is 0 Å². The first-order valence-corrected chi connectivity index (χ1v) is 23.9. The second kappa shape index (κ2) is 14.2. The number of benzene rings is 8. The van der Waals surface area contributed by atoms with Crippen LogP contribution < -0.4 is 0 Å². The summed E-state index contributed by atoms with van der Waals surface area (Å²) in [5.74, 6) is 0.632. The minimum Gasteiger partial charge on any atom is -0.0642 e. The SMILES string of the molecule is CCC1(CC)c2cc(CC(C)C)ccc2-c2ccc(-c3cc(-c4ccc5c(c4)C(CC)(CC)c4cc(C(C)(C)C)ccc4-5)c4ccc5cc(C(C)(C)C)cc6ccc3c4c65)cc21. The number of fused-ring (bicyclic) bond motifs is 6. The Bertz CT molecular complexity index is 3050. The third-order valence-electron chi connectivity index (χ3n) is 15.9. The Morgan fingerprint density at radius 2 is 0.839 bits per heavy atom. The molecule has 0 N–H and O–H groups in total. The van der Waals surface area contributed by atoms with E-state index in [4.69, 9.17) is 0 Å². The predicted octanol–water partition coefficient (Wildman–Crippen LogP) is 17.9. The van der Waals surface area contributed by atoms with Crippen LogP contribution in [0.25, 0.3) is 76.8 Å². The monoisotopic (exact) mass is 811 g/mol. The summed E-state index contributed by atoms with van der Waals surface area (Å²) in [7, 11) is 0. The molecule has 0 aliphatic heterocycles. The molecular formula is C62H66. The maximum Gasteiger partial charge on any atom is 0.0210 e. The lowest BCUT2D eigenvalue weighted by Gasteiger charge is -2.31. The molecule has 8 aromatic rings. The highest BCUT2D eigenvalue weighted by Gasteiger charge is 2.43. The van der Waals surface area contributed by atoms with Gasteiger partial charge in [0.25, 0.3) is 0 Å². The van der Waals surface area contributed by atoms with Crippen molar-refractivity contribution in [2.45, 2.75) is 137 Å². The van der Waals surface area contributed by atoms with E-state index in [0.717, 1.165) is 32.1 Å². The van der Waals surface area contributed by atoms with Crippen LogP contribution in [0.15, 0.2) is 115 Å². The van der Waals surface area contributed by atoms with Gasteiger partial charge in [0.1, 0.15) is 0 Å². The molecule has 0 fully saturated rings. The van der Waals surface area contributed by atoms with E-state index in [1.54, 1.807) is 0 Å². The molecule has 0 saturated heterocycles. The number of hydrogen-bond acceptors (Lipinski definition) is 0. The van der Waals surface area contributed by atoms with Gasteiger partial charge in [0.15, 0.2) is 0 Å². The van der Waals surface area contributed by atoms with Crippen LogP contribution in [0.4, 0.5) is 0 Å². The zero-order valence-electron chi connectivity index (χ0n) is 39.6. The average Bonchev–Trinajstić information content (AvgIpc) is 3.69. The average molecular weight is 811 g/mol. The largest absolute Gasteiger partial charge is 0.0642 e. The summed E-state index contributed by atoms with van der Waals surface area (Å²) in [6.45, 7) is 28.3. The summed E-state index contributed by atoms with van der Waals surface area (Å²) in [6.07, 6.45) is 5.44. The second-order valence-electron chi connectivity index (χ2n) is 21.7. The van der Waals surface area contributed by atoms with Gasteiger partial charge in [-0.1, -0.05) is 180 Å². The van der Waals surface area contributed by atoms with Gasteiger partial charge in [-0.15, -0.1) is 0 Å². The molecule has 314 valence electrons. The summed E-state index contributed by atoms with van der Waals surface area (Å²) in [5, 5.41) is 8.14. The van der Waals surface area contributed by atoms with Gasteiger partial charge >= 0.3 is 0 Å². The molecule has 0 heteroatoms. The van der Waals surface area contributed by atoms with Gasteiger partial charge in [-0.25, -0.2) is 0 Å². The van der Waals surface area contributed by atoms with E-state index in [0.29, 0.717) is 5.92 Å². The van der Waals surface area contributed by atoms with E-state index >= 15 is 0 Å². The molecule has 0 atom stereocenters. The molecule has 0 unspecified atom stereocenters. The molecule has 0 radical (unpaired) electrons. The van der Waals surface area contributed by atoms with Crippen molar-refractivity contribution < 1.29 is 0 Å². The van der Waals surface area contributed by atoms with E-state index in [1.807, 2.05) is 0 Å². The Hall–Kier alpha value is -5.20. The lowest BCUT2D eigenvalue weighted by atomic mass is 9.72. The van der Waals surface area contributed by atoms with Gasteiger partial charge in [-0.2, -0.15) is 0 Å². The number of hydrogen-bond donors (Lipinski definition) is 0. The molecule has 2 aliphatic rings. The Labute approximate surface area is 372 Å². The minimum atomic E-state index is -0.0223. The summed E-state index contributed by atoms with van der Waals surface area (Å²) >= 11 is 0. The molecule has 8 aromatic carbocycles. The standard InChI is InChI=1S/C62H66/c1-13-61(14-2)53-30-38(29-37(5)6)17-23-45(53)46-24-18-39(33-54(46)61)51-36-52(50-27-21-42-32-44(60(10,11)12)31-41-20-26-49(51)58(50)57(41)42)40-19-25-47-48-28-22-43(59(7,8)9)35-56(48)62(15-3,16-4)55(47)34-40/h17-28,30-37H,13-16,29H2,1-12H3. The summed E-state index contributed by atoms with van der Waals surface area (Å²) < 4.78 is 0. The Morgan fingerprint density at radius 1 is 0.403 bits per heavy atom. The fourth-order valence-corrected chi connectivity index (χ4v) is 12.3. The molecule has 62 heavy (non-hydrogen) atoms. The van der Waals surface area contributed by atoms with Crippen LogP contribution in [-0.2, 0) is 28.1 Å². The van der Waals surface area contributed by atoms with Crippen LogP contribution in [0.5, 0.6) is 0 Å². The maximum atomic E-state index is 2.60. The Balaban J connectivity index is 1.23. The number of rotatable bonds is 8.